The summed E-state index contributed by atoms with van der Waals surface area (Å²) in [7, 11) is 0. The summed E-state index contributed by atoms with van der Waals surface area (Å²) in [6.07, 6.45) is 0. The van der Waals surface area contributed by atoms with E-state index in [-0.39, 0.29) is 11.1 Å². The fourth-order valence-corrected chi connectivity index (χ4v) is 3.71. The number of nitrogens with one attached hydrogen (secondary N) is 1. The molecule has 0 bridgehead atoms. The Bertz CT molecular complexity index is 947. The molecule has 0 spiro atoms. The highest BCUT2D eigenvalue weighted by molar-refractivity contribution is 8.15. The molecular formula is C20H15NO3S. The molecule has 2 aromatic carbocycles. The Hall–Kier alpha value is -2.79. The van der Waals surface area contributed by atoms with Crippen molar-refractivity contribution in [3.8, 4) is 22.5 Å². The van der Waals surface area contributed by atoms with Gasteiger partial charge in [0.2, 0.25) is 0 Å². The molecular weight excluding hydrogens is 334 g/mol. The van der Waals surface area contributed by atoms with E-state index in [1.807, 2.05) is 48.5 Å². The Labute approximate surface area is 149 Å². The van der Waals surface area contributed by atoms with Crippen molar-refractivity contribution < 1.29 is 14.0 Å². The maximum atomic E-state index is 12.0. The van der Waals surface area contributed by atoms with Gasteiger partial charge in [-0.05, 0) is 41.9 Å². The standard InChI is InChI=1S/C20H15NO3S/c1-20(18(22)21-19(23)25-20)17-12-11-16(24-17)15-9-7-14(8-10-15)13-5-3-2-4-6-13/h2-12H,1H3,(H,21,22,23). The average Bonchev–Trinajstić information content (AvgIpc) is 3.22. The van der Waals surface area contributed by atoms with E-state index >= 15 is 0 Å². The average molecular weight is 349 g/mol. The molecule has 1 saturated heterocycles. The number of thioether (sulfide) groups is 1. The van der Waals surface area contributed by atoms with E-state index in [9.17, 15) is 9.59 Å². The second-order valence-corrected chi connectivity index (χ2v) is 7.38. The van der Waals surface area contributed by atoms with E-state index in [1.165, 1.54) is 0 Å². The van der Waals surface area contributed by atoms with Gasteiger partial charge in [0.25, 0.3) is 11.1 Å². The largest absolute Gasteiger partial charge is 0.459 e. The summed E-state index contributed by atoms with van der Waals surface area (Å²) in [6, 6.07) is 21.8. The highest BCUT2D eigenvalue weighted by Gasteiger charge is 2.47. The van der Waals surface area contributed by atoms with Crippen LogP contribution in [0.3, 0.4) is 0 Å². The lowest BCUT2D eigenvalue weighted by molar-refractivity contribution is -0.121. The van der Waals surface area contributed by atoms with Crippen molar-refractivity contribution >= 4 is 22.9 Å². The van der Waals surface area contributed by atoms with Crippen molar-refractivity contribution in [2.75, 3.05) is 0 Å². The van der Waals surface area contributed by atoms with E-state index in [0.717, 1.165) is 28.5 Å². The van der Waals surface area contributed by atoms with Crippen LogP contribution in [-0.2, 0) is 9.54 Å². The Morgan fingerprint density at radius 1 is 0.840 bits per heavy atom. The van der Waals surface area contributed by atoms with Crippen LogP contribution in [0.25, 0.3) is 22.5 Å². The van der Waals surface area contributed by atoms with Crippen molar-refractivity contribution in [2.24, 2.45) is 0 Å². The maximum Gasteiger partial charge on any atom is 0.287 e. The molecule has 2 amide bonds. The number of hydrogen-bond donors (Lipinski definition) is 1. The first kappa shape index (κ1) is 15.7. The Morgan fingerprint density at radius 2 is 1.48 bits per heavy atom. The predicted molar refractivity (Wildman–Crippen MR) is 98.1 cm³/mol. The number of carbonyl (C=O) groups is 2. The number of rotatable bonds is 3. The molecule has 1 aliphatic rings. The van der Waals surface area contributed by atoms with Gasteiger partial charge < -0.3 is 4.42 Å². The van der Waals surface area contributed by atoms with E-state index in [2.05, 4.69) is 17.4 Å². The fraction of sp³-hybridized carbons (Fsp3) is 0.100. The molecule has 4 rings (SSSR count). The van der Waals surface area contributed by atoms with Crippen LogP contribution in [0, 0.1) is 0 Å². The number of amides is 2. The molecule has 2 heterocycles. The lowest BCUT2D eigenvalue weighted by atomic mass is 10.0. The Balaban J connectivity index is 1.63. The number of carbonyl (C=O) groups excluding carboxylic acids is 2. The van der Waals surface area contributed by atoms with Crippen molar-refractivity contribution in [1.82, 2.24) is 5.32 Å². The van der Waals surface area contributed by atoms with Gasteiger partial charge in [0.15, 0.2) is 4.75 Å². The van der Waals surface area contributed by atoms with Crippen LogP contribution in [-0.4, -0.2) is 11.1 Å². The third-order valence-corrected chi connectivity index (χ3v) is 5.38. The molecule has 1 aliphatic heterocycles. The Morgan fingerprint density at radius 3 is 2.12 bits per heavy atom. The van der Waals surface area contributed by atoms with Gasteiger partial charge in [0.05, 0.1) is 0 Å². The molecule has 0 saturated carbocycles. The highest BCUT2D eigenvalue weighted by Crippen LogP contribution is 2.42. The molecule has 0 radical (unpaired) electrons. The molecule has 25 heavy (non-hydrogen) atoms. The van der Waals surface area contributed by atoms with E-state index < -0.39 is 4.75 Å². The summed E-state index contributed by atoms with van der Waals surface area (Å²) >= 11 is 0.944. The minimum atomic E-state index is -1.01. The van der Waals surface area contributed by atoms with Crippen LogP contribution in [0.2, 0.25) is 0 Å². The minimum Gasteiger partial charge on any atom is -0.459 e. The van der Waals surface area contributed by atoms with Crippen molar-refractivity contribution in [3.05, 3.63) is 72.5 Å². The van der Waals surface area contributed by atoms with E-state index in [0.29, 0.717) is 11.5 Å². The summed E-state index contributed by atoms with van der Waals surface area (Å²) in [5, 5.41) is 1.96. The monoisotopic (exact) mass is 349 g/mol. The van der Waals surface area contributed by atoms with Crippen LogP contribution < -0.4 is 5.32 Å². The van der Waals surface area contributed by atoms with Gasteiger partial charge in [-0.15, -0.1) is 0 Å². The summed E-state index contributed by atoms with van der Waals surface area (Å²) in [5.41, 5.74) is 3.20. The molecule has 0 aliphatic carbocycles. The molecule has 1 unspecified atom stereocenters. The molecule has 3 aromatic rings. The van der Waals surface area contributed by atoms with Crippen molar-refractivity contribution in [3.63, 3.8) is 0 Å². The van der Waals surface area contributed by atoms with Gasteiger partial charge in [-0.25, -0.2) is 0 Å². The fourth-order valence-electron chi connectivity index (χ4n) is 2.84. The smallest absolute Gasteiger partial charge is 0.287 e. The summed E-state index contributed by atoms with van der Waals surface area (Å²) in [6.45, 7) is 1.69. The third kappa shape index (κ3) is 2.76. The number of hydrogen-bond acceptors (Lipinski definition) is 4. The molecule has 124 valence electrons. The van der Waals surface area contributed by atoms with Gasteiger partial charge in [-0.2, -0.15) is 0 Å². The Kier molecular flexibility index (Phi) is 3.73. The van der Waals surface area contributed by atoms with Crippen LogP contribution in [0.4, 0.5) is 4.79 Å². The lowest BCUT2D eigenvalue weighted by Crippen LogP contribution is -2.31. The second-order valence-electron chi connectivity index (χ2n) is 5.98. The first-order chi connectivity index (χ1) is 12.1. The molecule has 5 heteroatoms. The quantitative estimate of drug-likeness (QED) is 0.737. The lowest BCUT2D eigenvalue weighted by Gasteiger charge is -2.14. The van der Waals surface area contributed by atoms with Gasteiger partial charge >= 0.3 is 0 Å². The number of benzene rings is 2. The SMILES string of the molecule is CC1(c2ccc(-c3ccc(-c4ccccc4)cc3)o2)SC(=O)NC1=O. The van der Waals surface area contributed by atoms with Crippen LogP contribution in [0.1, 0.15) is 12.7 Å². The number of furan rings is 1. The zero-order valence-corrected chi connectivity index (χ0v) is 14.3. The molecule has 1 N–H and O–H groups in total. The summed E-state index contributed by atoms with van der Waals surface area (Å²) in [5.74, 6) is 0.800. The normalized spacial score (nSPS) is 19.9. The van der Waals surface area contributed by atoms with E-state index in [1.54, 1.807) is 13.0 Å². The molecule has 4 nitrogen and oxygen atoms in total. The minimum absolute atomic E-state index is 0.345. The zero-order valence-electron chi connectivity index (χ0n) is 13.5. The van der Waals surface area contributed by atoms with Gasteiger partial charge in [-0.1, -0.05) is 54.6 Å². The first-order valence-corrected chi connectivity index (χ1v) is 8.68. The van der Waals surface area contributed by atoms with Gasteiger partial charge in [0, 0.05) is 5.56 Å². The molecule has 1 aromatic heterocycles. The van der Waals surface area contributed by atoms with Gasteiger partial charge in [0.1, 0.15) is 11.5 Å². The third-order valence-electron chi connectivity index (χ3n) is 4.30. The summed E-state index contributed by atoms with van der Waals surface area (Å²) < 4.78 is 4.87. The van der Waals surface area contributed by atoms with Crippen molar-refractivity contribution in [2.45, 2.75) is 11.7 Å². The van der Waals surface area contributed by atoms with Gasteiger partial charge in [-0.3, -0.25) is 14.9 Å². The maximum absolute atomic E-state index is 12.0. The van der Waals surface area contributed by atoms with Crippen LogP contribution in [0.15, 0.2) is 71.1 Å². The van der Waals surface area contributed by atoms with Crippen LogP contribution in [0.5, 0.6) is 0 Å². The summed E-state index contributed by atoms with van der Waals surface area (Å²) in [4.78, 5) is 23.5. The van der Waals surface area contributed by atoms with Crippen molar-refractivity contribution in [1.29, 1.82) is 0 Å². The zero-order chi connectivity index (χ0) is 17.4. The van der Waals surface area contributed by atoms with Crippen LogP contribution >= 0.6 is 11.8 Å². The number of imide groups is 1. The topological polar surface area (TPSA) is 59.3 Å². The molecule has 1 fully saturated rings. The molecule has 1 atom stereocenters. The predicted octanol–water partition coefficient (Wildman–Crippen LogP) is 4.81. The highest BCUT2D eigenvalue weighted by atomic mass is 32.2. The first-order valence-electron chi connectivity index (χ1n) is 7.87. The second kappa shape index (κ2) is 5.93. The van der Waals surface area contributed by atoms with E-state index in [4.69, 9.17) is 4.42 Å².